The number of aromatic nitrogens is 2. The van der Waals surface area contributed by atoms with E-state index in [0.717, 1.165) is 0 Å². The minimum atomic E-state index is -0.763. The van der Waals surface area contributed by atoms with Crippen LogP contribution in [0, 0.1) is 0 Å². The number of carbonyl (C=O) groups excluding carboxylic acids is 1. The minimum Gasteiger partial charge on any atom is -0.496 e. The van der Waals surface area contributed by atoms with Crippen LogP contribution in [0.2, 0.25) is 5.02 Å². The fraction of sp³-hybridized carbons (Fsp3) is 0.100. The SMILES string of the molecule is COc1ccccc1C1c2c(oc3ccc(Cl)cc3c2=O)C(=O)N1c1nncs1. The van der Waals surface area contributed by atoms with Gasteiger partial charge in [0.25, 0.3) is 5.91 Å². The molecule has 1 unspecified atom stereocenters. The van der Waals surface area contributed by atoms with Crippen LogP contribution in [-0.4, -0.2) is 23.2 Å². The summed E-state index contributed by atoms with van der Waals surface area (Å²) >= 11 is 7.28. The van der Waals surface area contributed by atoms with E-state index in [1.807, 2.05) is 18.2 Å². The molecule has 3 heterocycles. The number of benzene rings is 2. The normalized spacial score (nSPS) is 15.7. The lowest BCUT2D eigenvalue weighted by molar-refractivity contribution is 0.0970. The number of hydrogen-bond acceptors (Lipinski definition) is 7. The van der Waals surface area contributed by atoms with Gasteiger partial charge in [-0.1, -0.05) is 41.1 Å². The highest BCUT2D eigenvalue weighted by molar-refractivity contribution is 7.13. The number of anilines is 1. The Bertz CT molecular complexity index is 1320. The van der Waals surface area contributed by atoms with E-state index >= 15 is 0 Å². The van der Waals surface area contributed by atoms with Crippen molar-refractivity contribution in [2.75, 3.05) is 12.0 Å². The molecule has 0 saturated carbocycles. The summed E-state index contributed by atoms with van der Waals surface area (Å²) < 4.78 is 11.4. The molecule has 0 fully saturated rings. The molecule has 2 aromatic heterocycles. The maximum absolute atomic E-state index is 13.4. The molecule has 2 aromatic carbocycles. The van der Waals surface area contributed by atoms with Gasteiger partial charge in [0, 0.05) is 10.6 Å². The zero-order valence-electron chi connectivity index (χ0n) is 15.0. The van der Waals surface area contributed by atoms with Gasteiger partial charge < -0.3 is 9.15 Å². The Morgan fingerprint density at radius 3 is 2.79 bits per heavy atom. The Hall–Kier alpha value is -3.23. The molecule has 1 atom stereocenters. The highest BCUT2D eigenvalue weighted by atomic mass is 35.5. The first-order valence-electron chi connectivity index (χ1n) is 8.59. The van der Waals surface area contributed by atoms with Crippen molar-refractivity contribution in [3.05, 3.63) is 80.1 Å². The van der Waals surface area contributed by atoms with Crippen molar-refractivity contribution in [1.82, 2.24) is 10.2 Å². The Kier molecular flexibility index (Phi) is 4.11. The average molecular weight is 426 g/mol. The van der Waals surface area contributed by atoms with Crippen LogP contribution in [0.25, 0.3) is 11.0 Å². The van der Waals surface area contributed by atoms with E-state index in [1.165, 1.54) is 28.9 Å². The summed E-state index contributed by atoms with van der Waals surface area (Å²) in [6, 6.07) is 11.2. The van der Waals surface area contributed by atoms with Crippen molar-refractivity contribution >= 4 is 44.9 Å². The third-order valence-electron chi connectivity index (χ3n) is 4.82. The molecule has 29 heavy (non-hydrogen) atoms. The van der Waals surface area contributed by atoms with E-state index in [9.17, 15) is 9.59 Å². The fourth-order valence-corrected chi connectivity index (χ4v) is 4.36. The first kappa shape index (κ1) is 17.8. The second-order valence-corrected chi connectivity index (χ2v) is 7.60. The summed E-state index contributed by atoms with van der Waals surface area (Å²) in [5.74, 6) is 0.0655. The Morgan fingerprint density at radius 1 is 1.21 bits per heavy atom. The smallest absolute Gasteiger partial charge is 0.297 e. The van der Waals surface area contributed by atoms with E-state index in [0.29, 0.717) is 32.4 Å². The van der Waals surface area contributed by atoms with Gasteiger partial charge in [-0.15, -0.1) is 10.2 Å². The van der Waals surface area contributed by atoms with Gasteiger partial charge in [-0.05, 0) is 24.3 Å². The fourth-order valence-electron chi connectivity index (χ4n) is 3.60. The summed E-state index contributed by atoms with van der Waals surface area (Å²) in [5, 5.41) is 8.96. The molecule has 1 aliphatic rings. The van der Waals surface area contributed by atoms with Crippen molar-refractivity contribution in [1.29, 1.82) is 0 Å². The van der Waals surface area contributed by atoms with Gasteiger partial charge >= 0.3 is 0 Å². The number of rotatable bonds is 3. The number of ether oxygens (including phenoxy) is 1. The minimum absolute atomic E-state index is 0.0177. The number of methoxy groups -OCH3 is 1. The lowest BCUT2D eigenvalue weighted by Crippen LogP contribution is -2.29. The third-order valence-corrected chi connectivity index (χ3v) is 5.74. The maximum atomic E-state index is 13.4. The van der Waals surface area contributed by atoms with Crippen LogP contribution < -0.4 is 15.1 Å². The van der Waals surface area contributed by atoms with E-state index in [-0.39, 0.29) is 16.8 Å². The standard InChI is InChI=1S/C20H12ClN3O4S/c1-27-13-5-3-2-4-11(13)16-15-17(25)12-8-10(21)6-7-14(12)28-18(15)19(26)24(16)20-23-22-9-29-20/h2-9,16H,1H3. The third kappa shape index (κ3) is 2.64. The predicted molar refractivity (Wildman–Crippen MR) is 109 cm³/mol. The summed E-state index contributed by atoms with van der Waals surface area (Å²) in [6.07, 6.45) is 0. The number of hydrogen-bond donors (Lipinski definition) is 0. The Morgan fingerprint density at radius 2 is 2.03 bits per heavy atom. The molecular formula is C20H12ClN3O4S. The van der Waals surface area contributed by atoms with E-state index in [1.54, 1.807) is 24.3 Å². The van der Waals surface area contributed by atoms with Crippen molar-refractivity contribution in [3.8, 4) is 5.75 Å². The quantitative estimate of drug-likeness (QED) is 0.492. The second kappa shape index (κ2) is 6.68. The van der Waals surface area contributed by atoms with E-state index < -0.39 is 11.9 Å². The molecule has 0 saturated heterocycles. The van der Waals surface area contributed by atoms with Crippen molar-refractivity contribution in [3.63, 3.8) is 0 Å². The Labute approximate surface area is 173 Å². The van der Waals surface area contributed by atoms with Gasteiger partial charge in [0.05, 0.1) is 18.1 Å². The number of halogens is 1. The molecule has 1 aliphatic heterocycles. The molecule has 0 bridgehead atoms. The summed E-state index contributed by atoms with van der Waals surface area (Å²) in [5.41, 5.74) is 2.37. The topological polar surface area (TPSA) is 85.5 Å². The summed E-state index contributed by atoms with van der Waals surface area (Å²) in [7, 11) is 1.54. The van der Waals surface area contributed by atoms with Crippen LogP contribution in [0.1, 0.15) is 27.7 Å². The molecular weight excluding hydrogens is 414 g/mol. The van der Waals surface area contributed by atoms with Gasteiger partial charge in [-0.2, -0.15) is 0 Å². The zero-order valence-corrected chi connectivity index (χ0v) is 16.5. The molecule has 9 heteroatoms. The van der Waals surface area contributed by atoms with Gasteiger partial charge in [0.15, 0.2) is 5.43 Å². The molecule has 0 radical (unpaired) electrons. The molecule has 0 N–H and O–H groups in total. The van der Waals surface area contributed by atoms with E-state index in [2.05, 4.69) is 10.2 Å². The molecule has 4 aromatic rings. The van der Waals surface area contributed by atoms with Crippen LogP contribution in [0.5, 0.6) is 5.75 Å². The van der Waals surface area contributed by atoms with E-state index in [4.69, 9.17) is 20.8 Å². The molecule has 7 nitrogen and oxygen atoms in total. The van der Waals surface area contributed by atoms with Crippen molar-refractivity contribution < 1.29 is 13.9 Å². The zero-order chi connectivity index (χ0) is 20.1. The molecule has 0 aliphatic carbocycles. The molecule has 144 valence electrons. The van der Waals surface area contributed by atoms with Crippen molar-refractivity contribution in [2.45, 2.75) is 6.04 Å². The Balaban J connectivity index is 1.86. The van der Waals surface area contributed by atoms with Gasteiger partial charge in [-0.25, -0.2) is 0 Å². The highest BCUT2D eigenvalue weighted by Gasteiger charge is 2.45. The highest BCUT2D eigenvalue weighted by Crippen LogP contribution is 2.44. The lowest BCUT2D eigenvalue weighted by atomic mass is 9.98. The first-order valence-corrected chi connectivity index (χ1v) is 9.85. The van der Waals surface area contributed by atoms with Crippen molar-refractivity contribution in [2.24, 2.45) is 0 Å². The molecule has 1 amide bonds. The summed E-state index contributed by atoms with van der Waals surface area (Å²) in [4.78, 5) is 28.2. The van der Waals surface area contributed by atoms with Gasteiger partial charge in [-0.3, -0.25) is 14.5 Å². The molecule has 0 spiro atoms. The number of carbonyl (C=O) groups is 1. The van der Waals surface area contributed by atoms with Gasteiger partial charge in [0.2, 0.25) is 10.9 Å². The number of para-hydroxylation sites is 1. The van der Waals surface area contributed by atoms with Gasteiger partial charge in [0.1, 0.15) is 22.9 Å². The average Bonchev–Trinajstić information content (AvgIpc) is 3.35. The lowest BCUT2D eigenvalue weighted by Gasteiger charge is -2.23. The largest absolute Gasteiger partial charge is 0.496 e. The number of fused-ring (bicyclic) bond motifs is 2. The maximum Gasteiger partial charge on any atom is 0.297 e. The van der Waals surface area contributed by atoms with Crippen LogP contribution >= 0.6 is 22.9 Å². The predicted octanol–water partition coefficient (Wildman–Crippen LogP) is 4.06. The van der Waals surface area contributed by atoms with Crippen LogP contribution in [0.4, 0.5) is 5.13 Å². The number of amides is 1. The molecule has 5 rings (SSSR count). The van der Waals surface area contributed by atoms with Crippen LogP contribution in [-0.2, 0) is 0 Å². The monoisotopic (exact) mass is 425 g/mol. The summed E-state index contributed by atoms with van der Waals surface area (Å²) in [6.45, 7) is 0. The second-order valence-electron chi connectivity index (χ2n) is 6.36. The number of nitrogens with zero attached hydrogens (tertiary/aromatic N) is 3. The van der Waals surface area contributed by atoms with Crippen LogP contribution in [0.15, 0.2) is 57.2 Å². The first-order chi connectivity index (χ1) is 14.1. The van der Waals surface area contributed by atoms with Crippen LogP contribution in [0.3, 0.4) is 0 Å².